The highest BCUT2D eigenvalue weighted by molar-refractivity contribution is 6.35. The van der Waals surface area contributed by atoms with Gasteiger partial charge in [-0.1, -0.05) is 29.8 Å². The molecule has 1 aliphatic carbocycles. The van der Waals surface area contributed by atoms with E-state index < -0.39 is 35.4 Å². The van der Waals surface area contributed by atoms with Crippen molar-refractivity contribution in [3.8, 4) is 40.2 Å². The molecular formula is C46H53ClF3N7O7. The van der Waals surface area contributed by atoms with Crippen molar-refractivity contribution in [3.05, 3.63) is 81.5 Å². The van der Waals surface area contributed by atoms with Gasteiger partial charge in [0, 0.05) is 80.1 Å². The van der Waals surface area contributed by atoms with Crippen LogP contribution in [0.25, 0.3) is 22.5 Å². The highest BCUT2D eigenvalue weighted by Crippen LogP contribution is 2.45. The van der Waals surface area contributed by atoms with Gasteiger partial charge >= 0.3 is 12.3 Å². The Morgan fingerprint density at radius 2 is 1.67 bits per heavy atom. The molecule has 64 heavy (non-hydrogen) atoms. The van der Waals surface area contributed by atoms with Crippen molar-refractivity contribution in [2.24, 2.45) is 0 Å². The third kappa shape index (κ3) is 10.6. The number of carbonyl (C=O) groups is 3. The standard InChI is InChI=1S/C46H53ClF3N7O7/c1-26(58)56-20-17-29(18-21-56)52-23-28-22-35(46(48,49)50)43(55-42(28)62-6)63-37-14-12-31-32(37)8-7-9-33(31)40-39(47)34(16-19-51-40)36-13-10-27(41(54-36)61-5)24-57(44(60)64-45(2,3)4)25-30-11-15-38(59)53-30/h7-10,13,16,19,22,29-30,37,52H,11-12,14-15,17-18,20-21,23-25H2,1-6H3,(H,53,59)/t30-,37-/m0/s1. The number of likely N-dealkylation sites (tertiary alicyclic amines) is 1. The zero-order valence-electron chi connectivity index (χ0n) is 36.7. The molecule has 2 aliphatic heterocycles. The number of amides is 3. The van der Waals surface area contributed by atoms with Crippen LogP contribution in [0.4, 0.5) is 18.0 Å². The van der Waals surface area contributed by atoms with E-state index in [2.05, 4.69) is 20.6 Å². The first-order valence-electron chi connectivity index (χ1n) is 21.3. The van der Waals surface area contributed by atoms with Crippen LogP contribution in [-0.4, -0.2) is 94.2 Å². The molecule has 4 aromatic rings. The molecule has 2 N–H and O–H groups in total. The van der Waals surface area contributed by atoms with Crippen molar-refractivity contribution in [3.63, 3.8) is 0 Å². The molecule has 2 saturated heterocycles. The number of ether oxygens (including phenoxy) is 4. The third-order valence-corrected chi connectivity index (χ3v) is 12.0. The Balaban J connectivity index is 1.12. The summed E-state index contributed by atoms with van der Waals surface area (Å²) in [5.41, 5.74) is 2.80. The number of piperidine rings is 1. The molecule has 7 rings (SSSR count). The van der Waals surface area contributed by atoms with Gasteiger partial charge in [-0.15, -0.1) is 0 Å². The Morgan fingerprint density at radius 1 is 0.938 bits per heavy atom. The minimum atomic E-state index is -4.77. The summed E-state index contributed by atoms with van der Waals surface area (Å²) >= 11 is 7.14. The number of methoxy groups -OCH3 is 2. The molecular weight excluding hydrogens is 855 g/mol. The number of carbonyl (C=O) groups excluding carboxylic acids is 3. The summed E-state index contributed by atoms with van der Waals surface area (Å²) in [6, 6.07) is 11.6. The highest BCUT2D eigenvalue weighted by Gasteiger charge is 2.39. The maximum absolute atomic E-state index is 14.7. The van der Waals surface area contributed by atoms with Gasteiger partial charge in [-0.3, -0.25) is 14.6 Å². The smallest absolute Gasteiger partial charge is 0.421 e. The Labute approximate surface area is 375 Å². The number of pyridine rings is 3. The van der Waals surface area contributed by atoms with E-state index in [1.807, 2.05) is 12.1 Å². The van der Waals surface area contributed by atoms with Gasteiger partial charge in [0.2, 0.25) is 29.5 Å². The van der Waals surface area contributed by atoms with Crippen molar-refractivity contribution in [1.29, 1.82) is 0 Å². The first kappa shape index (κ1) is 46.3. The zero-order valence-corrected chi connectivity index (χ0v) is 37.5. The summed E-state index contributed by atoms with van der Waals surface area (Å²) in [5, 5.41) is 6.52. The summed E-state index contributed by atoms with van der Waals surface area (Å²) in [6.45, 7) is 8.46. The SMILES string of the molecule is COc1nc(-c2ccnc(-c3cccc4c3CC[C@@H]4Oc3nc(OC)c(CNC4CCN(C(C)=O)CC4)cc3C(F)(F)F)c2Cl)ccc1CN(C[C@@H]1CCC(=O)N1)C(=O)OC(C)(C)C. The molecule has 342 valence electrons. The van der Waals surface area contributed by atoms with Gasteiger partial charge in [0.05, 0.1) is 37.2 Å². The normalized spacial score (nSPS) is 17.8. The number of hydrogen-bond acceptors (Lipinski definition) is 11. The zero-order chi connectivity index (χ0) is 45.9. The Bertz CT molecular complexity index is 2390. The van der Waals surface area contributed by atoms with Crippen LogP contribution in [0.2, 0.25) is 5.02 Å². The molecule has 0 unspecified atom stereocenters. The molecule has 0 saturated carbocycles. The Hall–Kier alpha value is -5.68. The van der Waals surface area contributed by atoms with Crippen molar-refractivity contribution < 1.29 is 46.5 Å². The number of fused-ring (bicyclic) bond motifs is 1. The van der Waals surface area contributed by atoms with E-state index in [1.54, 1.807) is 56.1 Å². The molecule has 1 aromatic carbocycles. The van der Waals surface area contributed by atoms with Gasteiger partial charge < -0.3 is 39.4 Å². The topological polar surface area (TPSA) is 157 Å². The summed E-state index contributed by atoms with van der Waals surface area (Å²) in [5.74, 6) is -0.360. The van der Waals surface area contributed by atoms with Crippen molar-refractivity contribution in [2.45, 2.75) is 109 Å². The van der Waals surface area contributed by atoms with E-state index in [0.717, 1.165) is 11.6 Å². The Kier molecular flexibility index (Phi) is 13.9. The third-order valence-electron chi connectivity index (χ3n) is 11.6. The fourth-order valence-electron chi connectivity index (χ4n) is 8.43. The number of benzene rings is 1. The van der Waals surface area contributed by atoms with Crippen molar-refractivity contribution >= 4 is 29.5 Å². The first-order chi connectivity index (χ1) is 30.4. The van der Waals surface area contributed by atoms with E-state index in [4.69, 9.17) is 35.5 Å². The molecule has 3 amide bonds. The van der Waals surface area contributed by atoms with Crippen LogP contribution in [0, 0.1) is 0 Å². The summed E-state index contributed by atoms with van der Waals surface area (Å²) in [4.78, 5) is 54.0. The summed E-state index contributed by atoms with van der Waals surface area (Å²) in [7, 11) is 2.84. The van der Waals surface area contributed by atoms with E-state index >= 15 is 0 Å². The van der Waals surface area contributed by atoms with Gasteiger partial charge in [0.15, 0.2) is 0 Å². The first-order valence-corrected chi connectivity index (χ1v) is 21.7. The average Bonchev–Trinajstić information content (AvgIpc) is 3.87. The molecule has 0 radical (unpaired) electrons. The van der Waals surface area contributed by atoms with Gasteiger partial charge in [0.1, 0.15) is 17.3 Å². The van der Waals surface area contributed by atoms with E-state index in [1.165, 1.54) is 26.0 Å². The molecule has 14 nitrogen and oxygen atoms in total. The average molecular weight is 908 g/mol. The van der Waals surface area contributed by atoms with Crippen LogP contribution < -0.4 is 24.8 Å². The van der Waals surface area contributed by atoms with Crippen molar-refractivity contribution in [1.82, 2.24) is 35.4 Å². The van der Waals surface area contributed by atoms with E-state index in [9.17, 15) is 27.6 Å². The minimum absolute atomic E-state index is 0.000219. The fraction of sp³-hybridized carbons (Fsp3) is 0.478. The lowest BCUT2D eigenvalue weighted by atomic mass is 9.98. The molecule has 0 bridgehead atoms. The molecule has 3 aromatic heterocycles. The largest absolute Gasteiger partial charge is 0.481 e. The molecule has 2 fully saturated rings. The summed E-state index contributed by atoms with van der Waals surface area (Å²) < 4.78 is 67.0. The summed E-state index contributed by atoms with van der Waals surface area (Å²) in [6.07, 6.45) is -1.26. The number of nitrogens with one attached hydrogen (secondary N) is 2. The molecule has 3 aliphatic rings. The highest BCUT2D eigenvalue weighted by atomic mass is 35.5. The predicted molar refractivity (Wildman–Crippen MR) is 232 cm³/mol. The lowest BCUT2D eigenvalue weighted by molar-refractivity contribution is -0.139. The van der Waals surface area contributed by atoms with Gasteiger partial charge in [-0.25, -0.2) is 9.78 Å². The molecule has 5 heterocycles. The van der Waals surface area contributed by atoms with E-state index in [-0.39, 0.29) is 60.9 Å². The van der Waals surface area contributed by atoms with Crippen LogP contribution in [0.5, 0.6) is 17.6 Å². The van der Waals surface area contributed by atoms with Gasteiger partial charge in [-0.2, -0.15) is 18.2 Å². The van der Waals surface area contributed by atoms with Crippen LogP contribution in [0.15, 0.2) is 48.7 Å². The number of halogens is 4. The maximum Gasteiger partial charge on any atom is 0.421 e. The quantitative estimate of drug-likeness (QED) is 0.134. The number of nitrogens with zero attached hydrogens (tertiary/aromatic N) is 5. The van der Waals surface area contributed by atoms with Crippen LogP contribution >= 0.6 is 11.6 Å². The predicted octanol–water partition coefficient (Wildman–Crippen LogP) is 8.08. The fourth-order valence-corrected chi connectivity index (χ4v) is 8.74. The number of alkyl halides is 3. The second-order valence-corrected chi connectivity index (χ2v) is 17.6. The second kappa shape index (κ2) is 19.2. The van der Waals surface area contributed by atoms with E-state index in [0.29, 0.717) is 90.3 Å². The second-order valence-electron chi connectivity index (χ2n) is 17.2. The molecule has 0 spiro atoms. The lowest BCUT2D eigenvalue weighted by Crippen LogP contribution is -2.44. The molecule has 18 heteroatoms. The monoisotopic (exact) mass is 907 g/mol. The van der Waals surface area contributed by atoms with Gasteiger partial charge in [0.25, 0.3) is 0 Å². The van der Waals surface area contributed by atoms with Crippen LogP contribution in [0.1, 0.15) is 93.7 Å². The number of aromatic nitrogens is 3. The Morgan fingerprint density at radius 3 is 2.33 bits per heavy atom. The van der Waals surface area contributed by atoms with Crippen LogP contribution in [-0.2, 0) is 40.0 Å². The maximum atomic E-state index is 14.7. The number of hydrogen-bond donors (Lipinski definition) is 2. The van der Waals surface area contributed by atoms with Gasteiger partial charge in [-0.05, 0) is 88.3 Å². The van der Waals surface area contributed by atoms with Crippen molar-refractivity contribution in [2.75, 3.05) is 33.9 Å². The van der Waals surface area contributed by atoms with Crippen LogP contribution in [0.3, 0.4) is 0 Å². The lowest BCUT2D eigenvalue weighted by Gasteiger charge is -2.32. The minimum Gasteiger partial charge on any atom is -0.481 e. The number of rotatable bonds is 13. The molecule has 2 atom stereocenters.